The first-order chi connectivity index (χ1) is 17.0. The maximum atomic E-state index is 13.4. The van der Waals surface area contributed by atoms with Crippen molar-refractivity contribution in [1.82, 2.24) is 20.4 Å². The maximum absolute atomic E-state index is 13.4. The molecule has 190 valence electrons. The predicted octanol–water partition coefficient (Wildman–Crippen LogP) is 4.44. The van der Waals surface area contributed by atoms with Gasteiger partial charge in [-0.05, 0) is 40.7 Å². The van der Waals surface area contributed by atoms with Crippen molar-refractivity contribution >= 4 is 41.0 Å². The average Bonchev–Trinajstić information content (AvgIpc) is 3.13. The Morgan fingerprint density at radius 3 is 2.44 bits per heavy atom. The third kappa shape index (κ3) is 5.37. The zero-order valence-corrected chi connectivity index (χ0v) is 22.3. The highest BCUT2D eigenvalue weighted by atomic mass is 35.5. The highest BCUT2D eigenvalue weighted by Crippen LogP contribution is 2.36. The van der Waals surface area contributed by atoms with E-state index in [1.807, 2.05) is 30.3 Å². The van der Waals surface area contributed by atoms with Crippen molar-refractivity contribution in [2.45, 2.75) is 38.6 Å². The van der Waals surface area contributed by atoms with Gasteiger partial charge in [-0.3, -0.25) is 14.5 Å². The number of carbonyl (C=O) groups is 3. The van der Waals surface area contributed by atoms with E-state index in [0.29, 0.717) is 34.3 Å². The van der Waals surface area contributed by atoms with Crippen molar-refractivity contribution in [2.24, 2.45) is 0 Å². The van der Waals surface area contributed by atoms with Gasteiger partial charge in [0.25, 0.3) is 5.91 Å². The lowest BCUT2D eigenvalue weighted by molar-refractivity contribution is -0.131. The van der Waals surface area contributed by atoms with Gasteiger partial charge in [-0.25, -0.2) is 4.79 Å². The van der Waals surface area contributed by atoms with Crippen LogP contribution in [0.1, 0.15) is 43.5 Å². The van der Waals surface area contributed by atoms with E-state index in [1.165, 1.54) is 9.80 Å². The third-order valence-corrected chi connectivity index (χ3v) is 7.20. The molecule has 2 aliphatic rings. The third-order valence-electron chi connectivity index (χ3n) is 6.61. The fourth-order valence-electron chi connectivity index (χ4n) is 4.47. The Bertz CT molecular complexity index is 1230. The largest absolute Gasteiger partial charge is 0.354 e. The first-order valence-corrected chi connectivity index (χ1v) is 12.6. The molecule has 2 aliphatic heterocycles. The molecule has 0 saturated carbocycles. The number of likely N-dealkylation sites (N-methyl/N-ethyl adjacent to an activating group) is 1. The molecule has 2 N–H and O–H groups in total. The van der Waals surface area contributed by atoms with Crippen LogP contribution in [0.15, 0.2) is 53.7 Å². The lowest BCUT2D eigenvalue weighted by atomic mass is 9.85. The fraction of sp³-hybridized carbons (Fsp3) is 0.370. The predicted molar refractivity (Wildman–Crippen MR) is 141 cm³/mol. The second kappa shape index (κ2) is 10.1. The van der Waals surface area contributed by atoms with Gasteiger partial charge in [0.05, 0.1) is 23.9 Å². The van der Waals surface area contributed by atoms with Crippen LogP contribution in [0.4, 0.5) is 4.79 Å². The fourth-order valence-corrected chi connectivity index (χ4v) is 4.97. The van der Waals surface area contributed by atoms with Gasteiger partial charge in [0, 0.05) is 23.6 Å². The van der Waals surface area contributed by atoms with Crippen molar-refractivity contribution in [2.75, 3.05) is 26.7 Å². The van der Waals surface area contributed by atoms with Gasteiger partial charge in [-0.1, -0.05) is 74.3 Å². The van der Waals surface area contributed by atoms with Gasteiger partial charge in [-0.15, -0.1) is 0 Å². The minimum Gasteiger partial charge on any atom is -0.354 e. The molecule has 0 unspecified atom stereocenters. The summed E-state index contributed by atoms with van der Waals surface area (Å²) < 4.78 is 0. The molecule has 0 aromatic heterocycles. The first-order valence-electron chi connectivity index (χ1n) is 11.8. The molecule has 0 radical (unpaired) electrons. The van der Waals surface area contributed by atoms with E-state index in [1.54, 1.807) is 19.2 Å². The molecule has 2 aromatic rings. The van der Waals surface area contributed by atoms with Crippen molar-refractivity contribution in [3.05, 3.63) is 80.5 Å². The zero-order chi connectivity index (χ0) is 26.2. The minimum atomic E-state index is -0.565. The summed E-state index contributed by atoms with van der Waals surface area (Å²) >= 11 is 12.1. The summed E-state index contributed by atoms with van der Waals surface area (Å²) in [5.74, 6) is -0.529. The van der Waals surface area contributed by atoms with E-state index < -0.39 is 6.04 Å². The molecule has 2 aromatic carbocycles. The van der Waals surface area contributed by atoms with Crippen molar-refractivity contribution < 1.29 is 14.4 Å². The molecule has 0 saturated heterocycles. The van der Waals surface area contributed by atoms with E-state index in [0.717, 1.165) is 16.7 Å². The topological polar surface area (TPSA) is 81.8 Å². The maximum Gasteiger partial charge on any atom is 0.322 e. The summed E-state index contributed by atoms with van der Waals surface area (Å²) in [7, 11) is 1.64. The van der Waals surface area contributed by atoms with Crippen molar-refractivity contribution in [3.63, 3.8) is 0 Å². The van der Waals surface area contributed by atoms with Gasteiger partial charge in [0.15, 0.2) is 0 Å². The van der Waals surface area contributed by atoms with Gasteiger partial charge in [0.1, 0.15) is 6.54 Å². The molecule has 4 rings (SSSR count). The second-order valence-corrected chi connectivity index (χ2v) is 11.0. The molecule has 0 spiro atoms. The molecule has 0 fully saturated rings. The Balaban J connectivity index is 1.43. The molecule has 36 heavy (non-hydrogen) atoms. The van der Waals surface area contributed by atoms with Crippen LogP contribution < -0.4 is 10.6 Å². The Labute approximate surface area is 221 Å². The lowest BCUT2D eigenvalue weighted by Gasteiger charge is -2.31. The number of hydrogen-bond acceptors (Lipinski definition) is 3. The number of halogens is 2. The molecular formula is C27H30Cl2N4O3. The van der Waals surface area contributed by atoms with Gasteiger partial charge in [0.2, 0.25) is 5.91 Å². The number of rotatable bonds is 6. The number of nitrogens with one attached hydrogen (secondary N) is 2. The minimum absolute atomic E-state index is 0.00871. The molecule has 2 heterocycles. The average molecular weight is 529 g/mol. The standard InChI is InChI=1S/C27H30Cl2N4O3/c1-27(2,3)18-8-5-17(6-9-18)24-23-21(32(4)26(36)31-24)14-33(25(23)35)15-22(34)30-12-11-16-7-10-19(28)13-20(16)29/h5-10,13,24H,11-12,14-15H2,1-4H3,(H,30,34)(H,31,36)/t24-/m0/s1. The normalized spacial score (nSPS) is 17.9. The molecule has 7 nitrogen and oxygen atoms in total. The van der Waals surface area contributed by atoms with E-state index in [-0.39, 0.29) is 36.3 Å². The molecular weight excluding hydrogens is 499 g/mol. The highest BCUT2D eigenvalue weighted by Gasteiger charge is 2.43. The number of urea groups is 1. The number of carbonyl (C=O) groups excluding carboxylic acids is 3. The first kappa shape index (κ1) is 26.0. The summed E-state index contributed by atoms with van der Waals surface area (Å²) in [6, 6.07) is 12.4. The number of nitrogens with zero attached hydrogens (tertiary/aromatic N) is 2. The van der Waals surface area contributed by atoms with Crippen LogP contribution in [-0.2, 0) is 21.4 Å². The van der Waals surface area contributed by atoms with E-state index >= 15 is 0 Å². The molecule has 9 heteroatoms. The number of benzene rings is 2. The van der Waals surface area contributed by atoms with Crippen LogP contribution in [0.25, 0.3) is 0 Å². The molecule has 4 amide bonds. The Morgan fingerprint density at radius 1 is 1.11 bits per heavy atom. The van der Waals surface area contributed by atoms with Crippen molar-refractivity contribution in [1.29, 1.82) is 0 Å². The van der Waals surface area contributed by atoms with Crippen LogP contribution in [0.3, 0.4) is 0 Å². The quantitative estimate of drug-likeness (QED) is 0.581. The number of hydrogen-bond donors (Lipinski definition) is 2. The van der Waals surface area contributed by atoms with E-state index in [2.05, 4.69) is 31.4 Å². The SMILES string of the molecule is CN1C(=O)N[C@@H](c2ccc(C(C)(C)C)cc2)C2=C1CN(CC(=O)NCCc1ccc(Cl)cc1Cl)C2=O. The van der Waals surface area contributed by atoms with E-state index in [4.69, 9.17) is 23.2 Å². The van der Waals surface area contributed by atoms with Crippen LogP contribution in [0, 0.1) is 0 Å². The zero-order valence-electron chi connectivity index (χ0n) is 20.8. The smallest absolute Gasteiger partial charge is 0.322 e. The molecule has 0 bridgehead atoms. The monoisotopic (exact) mass is 528 g/mol. The van der Waals surface area contributed by atoms with Crippen LogP contribution in [0.5, 0.6) is 0 Å². The van der Waals surface area contributed by atoms with Gasteiger partial charge in [-0.2, -0.15) is 0 Å². The van der Waals surface area contributed by atoms with Crippen LogP contribution in [0.2, 0.25) is 10.0 Å². The van der Waals surface area contributed by atoms with Gasteiger partial charge < -0.3 is 15.5 Å². The molecule has 1 atom stereocenters. The van der Waals surface area contributed by atoms with Crippen molar-refractivity contribution in [3.8, 4) is 0 Å². The summed E-state index contributed by atoms with van der Waals surface area (Å²) in [5.41, 5.74) is 3.98. The summed E-state index contributed by atoms with van der Waals surface area (Å²) in [5, 5.41) is 6.88. The second-order valence-electron chi connectivity index (χ2n) is 10.2. The number of amides is 4. The summed E-state index contributed by atoms with van der Waals surface area (Å²) in [6.07, 6.45) is 0.540. The Morgan fingerprint density at radius 2 is 1.81 bits per heavy atom. The lowest BCUT2D eigenvalue weighted by Crippen LogP contribution is -2.45. The summed E-state index contributed by atoms with van der Waals surface area (Å²) in [4.78, 5) is 41.6. The highest BCUT2D eigenvalue weighted by molar-refractivity contribution is 6.35. The Hall–Kier alpha value is -3.03. The Kier molecular flexibility index (Phi) is 7.34. The van der Waals surface area contributed by atoms with Crippen LogP contribution >= 0.6 is 23.2 Å². The van der Waals surface area contributed by atoms with Crippen LogP contribution in [-0.4, -0.2) is 54.3 Å². The summed E-state index contributed by atoms with van der Waals surface area (Å²) in [6.45, 7) is 6.87. The van der Waals surface area contributed by atoms with Gasteiger partial charge >= 0.3 is 6.03 Å². The molecule has 0 aliphatic carbocycles. The van der Waals surface area contributed by atoms with E-state index in [9.17, 15) is 14.4 Å².